The number of sulfonamides is 1. The molecule has 0 aliphatic carbocycles. The molecule has 0 atom stereocenters. The lowest BCUT2D eigenvalue weighted by Crippen LogP contribution is -2.26. The standard InChI is InChI=1S/C13H15N3O4S/c1-2-12(17)10-4-3-5-11(8-10)21(18,19)15-7-6-13-14-9-20-16-13/h3-5,8-9,15H,2,6-7H2,1H3. The van der Waals surface area contributed by atoms with Crippen molar-refractivity contribution in [3.63, 3.8) is 0 Å². The average Bonchev–Trinajstić information content (AvgIpc) is 2.99. The monoisotopic (exact) mass is 309 g/mol. The Morgan fingerprint density at radius 1 is 1.38 bits per heavy atom. The van der Waals surface area contributed by atoms with Crippen molar-refractivity contribution in [2.75, 3.05) is 6.54 Å². The number of nitrogens with zero attached hydrogens (tertiary/aromatic N) is 2. The predicted molar refractivity (Wildman–Crippen MR) is 74.3 cm³/mol. The van der Waals surface area contributed by atoms with Crippen LogP contribution in [0.4, 0.5) is 0 Å². The Bertz CT molecular complexity index is 711. The summed E-state index contributed by atoms with van der Waals surface area (Å²) in [6.45, 7) is 1.88. The van der Waals surface area contributed by atoms with Crippen LogP contribution in [0.15, 0.2) is 40.1 Å². The third-order valence-electron chi connectivity index (χ3n) is 2.84. The number of nitrogens with one attached hydrogen (secondary N) is 1. The first-order valence-corrected chi connectivity index (χ1v) is 7.89. The Balaban J connectivity index is 2.06. The fourth-order valence-electron chi connectivity index (χ4n) is 1.72. The van der Waals surface area contributed by atoms with E-state index in [0.717, 1.165) is 0 Å². The molecule has 0 fully saturated rings. The predicted octanol–water partition coefficient (Wildman–Crippen LogP) is 1.18. The fraction of sp³-hybridized carbons (Fsp3) is 0.308. The lowest BCUT2D eigenvalue weighted by molar-refractivity contribution is 0.0988. The van der Waals surface area contributed by atoms with Crippen LogP contribution in [-0.4, -0.2) is 30.9 Å². The molecule has 0 saturated heterocycles. The van der Waals surface area contributed by atoms with Crippen LogP contribution in [0.2, 0.25) is 0 Å². The van der Waals surface area contributed by atoms with Crippen molar-refractivity contribution in [3.05, 3.63) is 42.0 Å². The largest absolute Gasteiger partial charge is 0.343 e. The van der Waals surface area contributed by atoms with Gasteiger partial charge in [-0.15, -0.1) is 0 Å². The van der Waals surface area contributed by atoms with Crippen molar-refractivity contribution in [1.29, 1.82) is 0 Å². The summed E-state index contributed by atoms with van der Waals surface area (Å²) in [7, 11) is -3.67. The summed E-state index contributed by atoms with van der Waals surface area (Å²) in [5, 5.41) is 3.59. The molecule has 0 spiro atoms. The van der Waals surface area contributed by atoms with E-state index in [4.69, 9.17) is 0 Å². The summed E-state index contributed by atoms with van der Waals surface area (Å²) in [6, 6.07) is 5.98. The summed E-state index contributed by atoms with van der Waals surface area (Å²) in [5.41, 5.74) is 0.388. The molecule has 0 bridgehead atoms. The molecule has 21 heavy (non-hydrogen) atoms. The van der Waals surface area contributed by atoms with Gasteiger partial charge in [0.1, 0.15) is 0 Å². The second-order valence-corrected chi connectivity index (χ2v) is 6.07. The van der Waals surface area contributed by atoms with Crippen LogP contribution >= 0.6 is 0 Å². The van der Waals surface area contributed by atoms with E-state index in [-0.39, 0.29) is 17.2 Å². The first-order valence-electron chi connectivity index (χ1n) is 6.41. The van der Waals surface area contributed by atoms with E-state index in [0.29, 0.717) is 24.2 Å². The number of rotatable bonds is 7. The van der Waals surface area contributed by atoms with Crippen molar-refractivity contribution in [3.8, 4) is 0 Å². The number of aromatic nitrogens is 2. The Labute approximate surface area is 122 Å². The minimum absolute atomic E-state index is 0.0647. The van der Waals surface area contributed by atoms with Crippen LogP contribution in [0.5, 0.6) is 0 Å². The van der Waals surface area contributed by atoms with E-state index in [1.165, 1.54) is 18.5 Å². The molecular formula is C13H15N3O4S. The number of ketones is 1. The van der Waals surface area contributed by atoms with E-state index >= 15 is 0 Å². The number of carbonyl (C=O) groups is 1. The molecule has 0 aliphatic heterocycles. The fourth-order valence-corrected chi connectivity index (χ4v) is 2.80. The molecule has 0 aliphatic rings. The van der Waals surface area contributed by atoms with Crippen molar-refractivity contribution in [2.24, 2.45) is 0 Å². The molecule has 1 aromatic carbocycles. The van der Waals surface area contributed by atoms with Gasteiger partial charge in [-0.25, -0.2) is 13.1 Å². The zero-order valence-corrected chi connectivity index (χ0v) is 12.3. The zero-order chi connectivity index (χ0) is 15.3. The van der Waals surface area contributed by atoms with Gasteiger partial charge in [0, 0.05) is 24.9 Å². The smallest absolute Gasteiger partial charge is 0.240 e. The van der Waals surface area contributed by atoms with Crippen LogP contribution in [-0.2, 0) is 16.4 Å². The highest BCUT2D eigenvalue weighted by Crippen LogP contribution is 2.13. The summed E-state index contributed by atoms with van der Waals surface area (Å²) < 4.78 is 31.3. The summed E-state index contributed by atoms with van der Waals surface area (Å²) in [4.78, 5) is 15.5. The maximum Gasteiger partial charge on any atom is 0.240 e. The van der Waals surface area contributed by atoms with Gasteiger partial charge in [0.15, 0.2) is 11.6 Å². The van der Waals surface area contributed by atoms with Crippen molar-refractivity contribution < 1.29 is 17.7 Å². The molecule has 1 heterocycles. The maximum atomic E-state index is 12.1. The molecule has 0 unspecified atom stereocenters. The van der Waals surface area contributed by atoms with Crippen molar-refractivity contribution in [2.45, 2.75) is 24.7 Å². The highest BCUT2D eigenvalue weighted by molar-refractivity contribution is 7.89. The Morgan fingerprint density at radius 2 is 2.19 bits per heavy atom. The van der Waals surface area contributed by atoms with Gasteiger partial charge in [0.05, 0.1) is 4.90 Å². The van der Waals surface area contributed by atoms with E-state index < -0.39 is 10.0 Å². The van der Waals surface area contributed by atoms with E-state index in [1.54, 1.807) is 19.1 Å². The average molecular weight is 309 g/mol. The van der Waals surface area contributed by atoms with Gasteiger partial charge in [-0.3, -0.25) is 4.79 Å². The second-order valence-electron chi connectivity index (χ2n) is 4.30. The molecule has 1 N–H and O–H groups in total. The van der Waals surface area contributed by atoms with Crippen LogP contribution in [0.25, 0.3) is 0 Å². The highest BCUT2D eigenvalue weighted by atomic mass is 32.2. The molecule has 1 aromatic heterocycles. The molecule has 8 heteroatoms. The van der Waals surface area contributed by atoms with Crippen LogP contribution in [0.1, 0.15) is 29.5 Å². The summed E-state index contributed by atoms with van der Waals surface area (Å²) >= 11 is 0. The van der Waals surface area contributed by atoms with Gasteiger partial charge < -0.3 is 4.52 Å². The number of hydrogen-bond acceptors (Lipinski definition) is 6. The topological polar surface area (TPSA) is 102 Å². The van der Waals surface area contributed by atoms with E-state index in [1.807, 2.05) is 0 Å². The van der Waals surface area contributed by atoms with Crippen LogP contribution < -0.4 is 4.72 Å². The minimum Gasteiger partial charge on any atom is -0.343 e. The van der Waals surface area contributed by atoms with Crippen molar-refractivity contribution in [1.82, 2.24) is 14.9 Å². The first-order chi connectivity index (χ1) is 10.0. The SMILES string of the molecule is CCC(=O)c1cccc(S(=O)(=O)NCCc2ncon2)c1. The second kappa shape index (κ2) is 6.59. The third kappa shape index (κ3) is 3.96. The number of Topliss-reactive ketones (excluding diaryl/α,β-unsaturated/α-hetero) is 1. The number of hydrogen-bond donors (Lipinski definition) is 1. The summed E-state index contributed by atoms with van der Waals surface area (Å²) in [6.07, 6.45) is 1.84. The first kappa shape index (κ1) is 15.3. The molecule has 2 aromatic rings. The van der Waals surface area contributed by atoms with Gasteiger partial charge in [-0.05, 0) is 12.1 Å². The maximum absolute atomic E-state index is 12.1. The van der Waals surface area contributed by atoms with Gasteiger partial charge in [0.25, 0.3) is 0 Å². The third-order valence-corrected chi connectivity index (χ3v) is 4.29. The highest BCUT2D eigenvalue weighted by Gasteiger charge is 2.15. The number of carbonyl (C=O) groups excluding carboxylic acids is 1. The van der Waals surface area contributed by atoms with Crippen LogP contribution in [0, 0.1) is 0 Å². The molecule has 0 radical (unpaired) electrons. The zero-order valence-electron chi connectivity index (χ0n) is 11.4. The van der Waals surface area contributed by atoms with Gasteiger partial charge >= 0.3 is 0 Å². The summed E-state index contributed by atoms with van der Waals surface area (Å²) in [5.74, 6) is 0.325. The van der Waals surface area contributed by atoms with E-state index in [2.05, 4.69) is 19.4 Å². The van der Waals surface area contributed by atoms with Gasteiger partial charge in [-0.1, -0.05) is 24.2 Å². The molecule has 0 saturated carbocycles. The van der Waals surface area contributed by atoms with Crippen molar-refractivity contribution >= 4 is 15.8 Å². The molecule has 112 valence electrons. The lowest BCUT2D eigenvalue weighted by atomic mass is 10.1. The molecule has 2 rings (SSSR count). The van der Waals surface area contributed by atoms with Crippen LogP contribution in [0.3, 0.4) is 0 Å². The Morgan fingerprint density at radius 3 is 2.86 bits per heavy atom. The quantitative estimate of drug-likeness (QED) is 0.771. The Hall–Kier alpha value is -2.06. The van der Waals surface area contributed by atoms with E-state index in [9.17, 15) is 13.2 Å². The lowest BCUT2D eigenvalue weighted by Gasteiger charge is -2.07. The van der Waals surface area contributed by atoms with Gasteiger partial charge in [0.2, 0.25) is 16.4 Å². The molecular weight excluding hydrogens is 294 g/mol. The minimum atomic E-state index is -3.67. The molecule has 7 nitrogen and oxygen atoms in total. The normalized spacial score (nSPS) is 11.5. The Kier molecular flexibility index (Phi) is 4.81. The molecule has 0 amide bonds. The van der Waals surface area contributed by atoms with Gasteiger partial charge in [-0.2, -0.15) is 4.98 Å². The number of benzene rings is 1.